The lowest BCUT2D eigenvalue weighted by Crippen LogP contribution is -2.17. The Labute approximate surface area is 156 Å². The van der Waals surface area contributed by atoms with Gasteiger partial charge in [0.2, 0.25) is 6.29 Å². The second kappa shape index (κ2) is 6.98. The first-order valence-electron chi connectivity index (χ1n) is 9.06. The van der Waals surface area contributed by atoms with Crippen molar-refractivity contribution in [1.82, 2.24) is 14.8 Å². The van der Waals surface area contributed by atoms with E-state index in [1.165, 1.54) is 0 Å². The van der Waals surface area contributed by atoms with E-state index in [9.17, 15) is 0 Å². The standard InChI is InChI=1S/C21H19N3O3/c1-2-5-17-16(4-1)20(23-24(17)14-15-8-10-22-11-9-15)18-6-7-19(27-18)21-25-12-3-13-26-21/h1-2,4-11,21H,3,12-14H2. The van der Waals surface area contributed by atoms with E-state index in [-0.39, 0.29) is 0 Å². The number of rotatable bonds is 4. The molecule has 0 saturated carbocycles. The lowest BCUT2D eigenvalue weighted by Gasteiger charge is -2.21. The maximum absolute atomic E-state index is 6.04. The van der Waals surface area contributed by atoms with Crippen LogP contribution in [-0.4, -0.2) is 28.0 Å². The molecule has 27 heavy (non-hydrogen) atoms. The fourth-order valence-electron chi connectivity index (χ4n) is 3.35. The smallest absolute Gasteiger partial charge is 0.217 e. The molecule has 1 aliphatic heterocycles. The van der Waals surface area contributed by atoms with Crippen LogP contribution in [0.25, 0.3) is 22.4 Å². The Kier molecular flexibility index (Phi) is 4.20. The van der Waals surface area contributed by atoms with Gasteiger partial charge in [-0.3, -0.25) is 9.67 Å². The number of pyridine rings is 1. The van der Waals surface area contributed by atoms with Crippen LogP contribution in [0.4, 0.5) is 0 Å². The predicted molar refractivity (Wildman–Crippen MR) is 100 cm³/mol. The Balaban J connectivity index is 1.53. The third-order valence-electron chi connectivity index (χ3n) is 4.66. The highest BCUT2D eigenvalue weighted by atomic mass is 16.7. The van der Waals surface area contributed by atoms with Gasteiger partial charge in [0, 0.05) is 17.8 Å². The molecule has 4 heterocycles. The Hall–Kier alpha value is -2.96. The van der Waals surface area contributed by atoms with E-state index >= 15 is 0 Å². The normalized spacial score (nSPS) is 15.4. The highest BCUT2D eigenvalue weighted by molar-refractivity contribution is 5.92. The van der Waals surface area contributed by atoms with Gasteiger partial charge < -0.3 is 13.9 Å². The van der Waals surface area contributed by atoms with Crippen molar-refractivity contribution in [3.05, 3.63) is 72.2 Å². The van der Waals surface area contributed by atoms with Gasteiger partial charge in [0.1, 0.15) is 5.69 Å². The summed E-state index contributed by atoms with van der Waals surface area (Å²) in [6, 6.07) is 16.0. The summed E-state index contributed by atoms with van der Waals surface area (Å²) in [5.41, 5.74) is 3.03. The molecule has 0 bridgehead atoms. The van der Waals surface area contributed by atoms with Gasteiger partial charge in [0.05, 0.1) is 25.3 Å². The van der Waals surface area contributed by atoms with Gasteiger partial charge in [-0.2, -0.15) is 5.10 Å². The number of aromatic nitrogens is 3. The molecule has 1 fully saturated rings. The summed E-state index contributed by atoms with van der Waals surface area (Å²) in [5.74, 6) is 1.39. The number of furan rings is 1. The second-order valence-electron chi connectivity index (χ2n) is 6.51. The van der Waals surface area contributed by atoms with E-state index in [2.05, 4.69) is 17.1 Å². The Morgan fingerprint density at radius 2 is 1.78 bits per heavy atom. The van der Waals surface area contributed by atoms with Gasteiger partial charge in [-0.15, -0.1) is 0 Å². The zero-order valence-electron chi connectivity index (χ0n) is 14.7. The Morgan fingerprint density at radius 1 is 0.963 bits per heavy atom. The molecule has 0 N–H and O–H groups in total. The van der Waals surface area contributed by atoms with E-state index < -0.39 is 6.29 Å². The largest absolute Gasteiger partial charge is 0.454 e. The van der Waals surface area contributed by atoms with Crippen LogP contribution in [0.5, 0.6) is 0 Å². The number of fused-ring (bicyclic) bond motifs is 1. The van der Waals surface area contributed by atoms with Crippen molar-refractivity contribution in [1.29, 1.82) is 0 Å². The van der Waals surface area contributed by atoms with Gasteiger partial charge in [0.15, 0.2) is 11.5 Å². The predicted octanol–water partition coefficient (Wildman–Crippen LogP) is 4.18. The first-order chi connectivity index (χ1) is 13.4. The first-order valence-corrected chi connectivity index (χ1v) is 9.06. The zero-order valence-corrected chi connectivity index (χ0v) is 14.7. The molecule has 6 heteroatoms. The minimum absolute atomic E-state index is 0.433. The Bertz CT molecular complexity index is 1050. The molecular formula is C21H19N3O3. The summed E-state index contributed by atoms with van der Waals surface area (Å²) >= 11 is 0. The van der Waals surface area contributed by atoms with Crippen molar-refractivity contribution in [3.63, 3.8) is 0 Å². The van der Waals surface area contributed by atoms with Crippen molar-refractivity contribution in [2.45, 2.75) is 19.3 Å². The molecule has 0 unspecified atom stereocenters. The summed E-state index contributed by atoms with van der Waals surface area (Å²) in [6.07, 6.45) is 4.07. The van der Waals surface area contributed by atoms with Crippen LogP contribution >= 0.6 is 0 Å². The van der Waals surface area contributed by atoms with Gasteiger partial charge in [-0.25, -0.2) is 0 Å². The summed E-state index contributed by atoms with van der Waals surface area (Å²) in [6.45, 7) is 2.04. The Morgan fingerprint density at radius 3 is 2.63 bits per heavy atom. The van der Waals surface area contributed by atoms with Gasteiger partial charge in [-0.05, 0) is 42.3 Å². The van der Waals surface area contributed by atoms with Crippen molar-refractivity contribution in [3.8, 4) is 11.5 Å². The lowest BCUT2D eigenvalue weighted by atomic mass is 10.2. The number of hydrogen-bond donors (Lipinski definition) is 0. The maximum atomic E-state index is 6.04. The van der Waals surface area contributed by atoms with Gasteiger partial charge in [0.25, 0.3) is 0 Å². The monoisotopic (exact) mass is 361 g/mol. The molecule has 0 atom stereocenters. The molecule has 0 aliphatic carbocycles. The topological polar surface area (TPSA) is 62.3 Å². The van der Waals surface area contributed by atoms with Crippen LogP contribution in [0.1, 0.15) is 24.0 Å². The van der Waals surface area contributed by atoms with E-state index in [0.717, 1.165) is 28.6 Å². The number of para-hydroxylation sites is 1. The van der Waals surface area contributed by atoms with Crippen LogP contribution in [0.2, 0.25) is 0 Å². The minimum atomic E-state index is -0.433. The number of ether oxygens (including phenoxy) is 2. The fraction of sp³-hybridized carbons (Fsp3) is 0.238. The molecular weight excluding hydrogens is 342 g/mol. The van der Waals surface area contributed by atoms with Crippen molar-refractivity contribution in [2.75, 3.05) is 13.2 Å². The summed E-state index contributed by atoms with van der Waals surface area (Å²) in [4.78, 5) is 4.08. The van der Waals surface area contributed by atoms with Crippen molar-refractivity contribution < 1.29 is 13.9 Å². The molecule has 1 saturated heterocycles. The van der Waals surface area contributed by atoms with Crippen LogP contribution in [0.15, 0.2) is 65.3 Å². The first kappa shape index (κ1) is 16.2. The maximum Gasteiger partial charge on any atom is 0.217 e. The molecule has 5 rings (SSSR count). The van der Waals surface area contributed by atoms with Crippen LogP contribution in [-0.2, 0) is 16.0 Å². The molecule has 0 radical (unpaired) electrons. The van der Waals surface area contributed by atoms with Crippen LogP contribution in [0.3, 0.4) is 0 Å². The third kappa shape index (κ3) is 3.13. The van der Waals surface area contributed by atoms with E-state index in [4.69, 9.17) is 19.0 Å². The number of nitrogens with zero attached hydrogens (tertiary/aromatic N) is 3. The minimum Gasteiger partial charge on any atom is -0.454 e. The van der Waals surface area contributed by atoms with Crippen LogP contribution in [0, 0.1) is 0 Å². The molecule has 0 spiro atoms. The summed E-state index contributed by atoms with van der Waals surface area (Å²) in [5, 5.41) is 5.89. The summed E-state index contributed by atoms with van der Waals surface area (Å²) < 4.78 is 19.3. The van der Waals surface area contributed by atoms with Gasteiger partial charge in [-0.1, -0.05) is 18.2 Å². The van der Waals surface area contributed by atoms with Gasteiger partial charge >= 0.3 is 0 Å². The lowest BCUT2D eigenvalue weighted by molar-refractivity contribution is -0.191. The SMILES string of the molecule is c1ccc2c(c1)c(-c1ccc(C3OCCCO3)o1)nn2Cc1ccncc1. The second-order valence-corrected chi connectivity index (χ2v) is 6.51. The van der Waals surface area contributed by atoms with Crippen LogP contribution < -0.4 is 0 Å². The summed E-state index contributed by atoms with van der Waals surface area (Å²) in [7, 11) is 0. The highest BCUT2D eigenvalue weighted by Crippen LogP contribution is 2.33. The third-order valence-corrected chi connectivity index (χ3v) is 4.66. The highest BCUT2D eigenvalue weighted by Gasteiger charge is 2.22. The van der Waals surface area contributed by atoms with E-state index in [0.29, 0.717) is 31.3 Å². The van der Waals surface area contributed by atoms with Crippen molar-refractivity contribution >= 4 is 10.9 Å². The zero-order chi connectivity index (χ0) is 18.1. The molecule has 136 valence electrons. The molecule has 3 aromatic heterocycles. The molecule has 0 amide bonds. The average Bonchev–Trinajstić information content (AvgIpc) is 3.35. The van der Waals surface area contributed by atoms with E-state index in [1.54, 1.807) is 12.4 Å². The molecule has 1 aromatic carbocycles. The number of hydrogen-bond acceptors (Lipinski definition) is 5. The molecule has 4 aromatic rings. The molecule has 1 aliphatic rings. The molecule has 6 nitrogen and oxygen atoms in total. The quantitative estimate of drug-likeness (QED) is 0.546. The van der Waals surface area contributed by atoms with E-state index in [1.807, 2.05) is 41.1 Å². The number of benzene rings is 1. The average molecular weight is 361 g/mol. The van der Waals surface area contributed by atoms with Crippen molar-refractivity contribution in [2.24, 2.45) is 0 Å². The fourth-order valence-corrected chi connectivity index (χ4v) is 3.35.